The molecule has 0 bridgehead atoms. The normalized spacial score (nSPS) is 15.7. The van der Waals surface area contributed by atoms with Gasteiger partial charge < -0.3 is 0 Å². The Kier molecular flexibility index (Phi) is 2.46. The molecule has 0 atom stereocenters. The monoisotopic (exact) mass is 262 g/mol. The van der Waals surface area contributed by atoms with E-state index >= 15 is 0 Å². The van der Waals surface area contributed by atoms with E-state index < -0.39 is 0 Å². The van der Waals surface area contributed by atoms with Crippen LogP contribution in [0.2, 0.25) is 0 Å². The first kappa shape index (κ1) is 10.9. The van der Waals surface area contributed by atoms with Crippen molar-refractivity contribution in [2.45, 2.75) is 4.90 Å². The third-order valence-corrected chi connectivity index (χ3v) is 5.54. The lowest BCUT2D eigenvalue weighted by Gasteiger charge is -2.16. The van der Waals surface area contributed by atoms with E-state index in [9.17, 15) is 0 Å². The molecule has 0 saturated carbocycles. The molecule has 3 aromatic carbocycles. The summed E-state index contributed by atoms with van der Waals surface area (Å²) >= 11 is 0. The van der Waals surface area contributed by atoms with Crippen LogP contribution in [-0.2, 0) is 0 Å². The second kappa shape index (κ2) is 4.29. The summed E-state index contributed by atoms with van der Waals surface area (Å²) < 4.78 is 0. The Bertz CT molecular complexity index is 815. The molecule has 0 nitrogen and oxygen atoms in total. The third kappa shape index (κ3) is 1.70. The molecule has 0 radical (unpaired) electrons. The van der Waals surface area contributed by atoms with Crippen molar-refractivity contribution in [2.75, 3.05) is 0 Å². The van der Waals surface area contributed by atoms with E-state index in [4.69, 9.17) is 0 Å². The quantitative estimate of drug-likeness (QED) is 0.441. The minimum Gasteiger partial charge on any atom is -0.186 e. The first-order valence-corrected chi connectivity index (χ1v) is 7.95. The summed E-state index contributed by atoms with van der Waals surface area (Å²) in [7, 11) is -0.274. The molecule has 0 N–H and O–H groups in total. The van der Waals surface area contributed by atoms with E-state index in [1.54, 1.807) is 0 Å². The van der Waals surface area contributed by atoms with Crippen LogP contribution in [-0.4, -0.2) is 0 Å². The van der Waals surface area contributed by atoms with Gasteiger partial charge in [-0.05, 0) is 38.4 Å². The van der Waals surface area contributed by atoms with Crippen molar-refractivity contribution in [3.63, 3.8) is 0 Å². The van der Waals surface area contributed by atoms with Crippen LogP contribution >= 0.6 is 10.9 Å². The Hall–Kier alpha value is -1.99. The SMILES string of the molecule is C1=C[SH](c2cc3ccccc3c3ccccc23)C=C1. The average molecular weight is 262 g/mol. The van der Waals surface area contributed by atoms with Gasteiger partial charge >= 0.3 is 0 Å². The number of thiol groups is 1. The van der Waals surface area contributed by atoms with Crippen LogP contribution in [0.25, 0.3) is 21.5 Å². The van der Waals surface area contributed by atoms with Crippen LogP contribution in [0.15, 0.2) is 82.5 Å². The maximum Gasteiger partial charge on any atom is 0.00300 e. The van der Waals surface area contributed by atoms with E-state index in [0.717, 1.165) is 0 Å². The largest absolute Gasteiger partial charge is 0.186 e. The fourth-order valence-corrected chi connectivity index (χ4v) is 4.49. The Morgan fingerprint density at radius 1 is 0.632 bits per heavy atom. The maximum absolute atomic E-state index is 2.36. The molecule has 1 aliphatic heterocycles. The molecule has 0 unspecified atom stereocenters. The Labute approximate surface area is 115 Å². The molecule has 92 valence electrons. The zero-order chi connectivity index (χ0) is 12.7. The van der Waals surface area contributed by atoms with Gasteiger partial charge in [-0.15, -0.1) is 0 Å². The number of hydrogen-bond donors (Lipinski definition) is 1. The second-order valence-electron chi connectivity index (χ2n) is 4.75. The first-order valence-electron chi connectivity index (χ1n) is 6.47. The summed E-state index contributed by atoms with van der Waals surface area (Å²) in [6, 6.07) is 19.8. The van der Waals surface area contributed by atoms with Crippen molar-refractivity contribution in [1.29, 1.82) is 0 Å². The summed E-state index contributed by atoms with van der Waals surface area (Å²) in [5.74, 6) is 0. The van der Waals surface area contributed by atoms with Crippen molar-refractivity contribution < 1.29 is 0 Å². The van der Waals surface area contributed by atoms with Crippen molar-refractivity contribution in [1.82, 2.24) is 0 Å². The highest BCUT2D eigenvalue weighted by Crippen LogP contribution is 2.47. The van der Waals surface area contributed by atoms with Gasteiger partial charge in [0.25, 0.3) is 0 Å². The summed E-state index contributed by atoms with van der Waals surface area (Å²) in [6.45, 7) is 0. The molecule has 4 rings (SSSR count). The first-order chi connectivity index (χ1) is 9.43. The Balaban J connectivity index is 2.15. The predicted octanol–water partition coefficient (Wildman–Crippen LogP) is 5.39. The Morgan fingerprint density at radius 3 is 2.05 bits per heavy atom. The van der Waals surface area contributed by atoms with Gasteiger partial charge in [-0.25, -0.2) is 0 Å². The van der Waals surface area contributed by atoms with E-state index in [1.807, 2.05) is 0 Å². The Morgan fingerprint density at radius 2 is 1.26 bits per heavy atom. The lowest BCUT2D eigenvalue weighted by atomic mass is 10.0. The van der Waals surface area contributed by atoms with Gasteiger partial charge in [0.05, 0.1) is 0 Å². The molecule has 1 heteroatoms. The summed E-state index contributed by atoms with van der Waals surface area (Å²) in [5, 5.41) is 10.1. The smallest absolute Gasteiger partial charge is 0.00300 e. The van der Waals surface area contributed by atoms with Gasteiger partial charge in [0.1, 0.15) is 0 Å². The molecule has 0 saturated heterocycles. The number of benzene rings is 3. The van der Waals surface area contributed by atoms with Crippen LogP contribution in [0.4, 0.5) is 0 Å². The van der Waals surface area contributed by atoms with E-state index in [0.29, 0.717) is 0 Å². The van der Waals surface area contributed by atoms with Gasteiger partial charge in [-0.2, -0.15) is 10.9 Å². The molecule has 1 heterocycles. The zero-order valence-electron chi connectivity index (χ0n) is 10.5. The van der Waals surface area contributed by atoms with Crippen LogP contribution in [0.3, 0.4) is 0 Å². The third-order valence-electron chi connectivity index (χ3n) is 3.63. The maximum atomic E-state index is 2.36. The zero-order valence-corrected chi connectivity index (χ0v) is 11.3. The summed E-state index contributed by atoms with van der Waals surface area (Å²) in [5.41, 5.74) is 0. The van der Waals surface area contributed by atoms with Gasteiger partial charge in [-0.3, -0.25) is 0 Å². The number of hydrogen-bond acceptors (Lipinski definition) is 0. The fourth-order valence-electron chi connectivity index (χ4n) is 2.74. The molecule has 1 aliphatic rings. The van der Waals surface area contributed by atoms with Crippen molar-refractivity contribution in [3.8, 4) is 0 Å². The number of rotatable bonds is 1. The van der Waals surface area contributed by atoms with Crippen molar-refractivity contribution >= 4 is 32.4 Å². The van der Waals surface area contributed by atoms with Crippen molar-refractivity contribution in [2.24, 2.45) is 0 Å². The standard InChI is InChI=1S/C18H14S/c1-2-8-15-14(7-1)13-18(19-11-5-6-12-19)17-10-4-3-9-16(15)17/h1-13,19H. The molecule has 3 aromatic rings. The highest BCUT2D eigenvalue weighted by atomic mass is 32.2. The van der Waals surface area contributed by atoms with Crippen LogP contribution in [0, 0.1) is 0 Å². The van der Waals surface area contributed by atoms with E-state index in [1.165, 1.54) is 26.4 Å². The molecule has 0 aromatic heterocycles. The average Bonchev–Trinajstić information content (AvgIpc) is 3.00. The highest BCUT2D eigenvalue weighted by Gasteiger charge is 2.10. The fraction of sp³-hybridized carbons (Fsp3) is 0. The van der Waals surface area contributed by atoms with Crippen LogP contribution in [0.5, 0.6) is 0 Å². The minimum absolute atomic E-state index is 0.274. The molecule has 0 aliphatic carbocycles. The summed E-state index contributed by atoms with van der Waals surface area (Å²) in [4.78, 5) is 1.47. The summed E-state index contributed by atoms with van der Waals surface area (Å²) in [6.07, 6.45) is 4.32. The van der Waals surface area contributed by atoms with Gasteiger partial charge in [0.15, 0.2) is 0 Å². The van der Waals surface area contributed by atoms with Gasteiger partial charge in [0.2, 0.25) is 0 Å². The van der Waals surface area contributed by atoms with Crippen molar-refractivity contribution in [3.05, 3.63) is 77.6 Å². The second-order valence-corrected chi connectivity index (χ2v) is 6.65. The molecular formula is C18H14S. The predicted molar refractivity (Wildman–Crippen MR) is 87.0 cm³/mol. The highest BCUT2D eigenvalue weighted by molar-refractivity contribution is 8.22. The molecule has 0 spiro atoms. The van der Waals surface area contributed by atoms with Crippen LogP contribution < -0.4 is 0 Å². The van der Waals surface area contributed by atoms with Gasteiger partial charge in [0, 0.05) is 4.90 Å². The molecule has 19 heavy (non-hydrogen) atoms. The van der Waals surface area contributed by atoms with Crippen LogP contribution in [0.1, 0.15) is 0 Å². The number of allylic oxidation sites excluding steroid dienone is 2. The minimum atomic E-state index is -0.274. The lowest BCUT2D eigenvalue weighted by Crippen LogP contribution is -1.83. The van der Waals surface area contributed by atoms with Gasteiger partial charge in [-0.1, -0.05) is 60.7 Å². The molecule has 0 amide bonds. The molecule has 0 fully saturated rings. The van der Waals surface area contributed by atoms with E-state index in [2.05, 4.69) is 77.6 Å². The van der Waals surface area contributed by atoms with E-state index in [-0.39, 0.29) is 10.9 Å². The molecular weight excluding hydrogens is 248 g/mol. The lowest BCUT2D eigenvalue weighted by molar-refractivity contribution is 1.58. The number of fused-ring (bicyclic) bond motifs is 3. The topological polar surface area (TPSA) is 0 Å².